The average molecular weight is 257 g/mol. The normalized spacial score (nSPS) is 13.7. The van der Waals surface area contributed by atoms with E-state index in [1.165, 1.54) is 18.4 Å². The molecule has 0 aromatic heterocycles. The maximum atomic E-state index is 5.33. The highest BCUT2D eigenvalue weighted by Crippen LogP contribution is 2.14. The zero-order valence-electron chi connectivity index (χ0n) is 12.8. The Morgan fingerprint density at radius 1 is 1.32 bits per heavy atom. The van der Waals surface area contributed by atoms with Crippen molar-refractivity contribution in [3.8, 4) is 12.3 Å². The molecule has 0 rings (SSSR count). The van der Waals surface area contributed by atoms with Gasteiger partial charge in [-0.25, -0.2) is 0 Å². The summed E-state index contributed by atoms with van der Waals surface area (Å²) in [6.45, 7) is 8.46. The minimum absolute atomic E-state index is 0.586. The molecule has 0 spiro atoms. The first-order chi connectivity index (χ1) is 9.13. The van der Waals surface area contributed by atoms with Gasteiger partial charge < -0.3 is 0 Å². The molecule has 0 saturated carbocycles. The fourth-order valence-corrected chi connectivity index (χ4v) is 1.68. The van der Waals surface area contributed by atoms with Crippen LogP contribution < -0.4 is 0 Å². The van der Waals surface area contributed by atoms with E-state index >= 15 is 0 Å². The Bertz CT molecular complexity index is 384. The third kappa shape index (κ3) is 10.1. The van der Waals surface area contributed by atoms with Crippen molar-refractivity contribution >= 4 is 5.71 Å². The SMILES string of the molecule is C#C/C(CC)=N\C=C/CC(/C=C/C=C(C)C)CCC. The van der Waals surface area contributed by atoms with Gasteiger partial charge in [-0.1, -0.05) is 56.1 Å². The van der Waals surface area contributed by atoms with Crippen LogP contribution in [0.4, 0.5) is 0 Å². The number of terminal acetylenes is 1. The Morgan fingerprint density at radius 3 is 2.58 bits per heavy atom. The summed E-state index contributed by atoms with van der Waals surface area (Å²) in [6.07, 6.45) is 20.1. The zero-order chi connectivity index (χ0) is 14.5. The summed E-state index contributed by atoms with van der Waals surface area (Å²) >= 11 is 0. The predicted molar refractivity (Wildman–Crippen MR) is 87.3 cm³/mol. The first-order valence-electron chi connectivity index (χ1n) is 7.14. The van der Waals surface area contributed by atoms with E-state index in [9.17, 15) is 0 Å². The van der Waals surface area contributed by atoms with Crippen LogP contribution >= 0.6 is 0 Å². The number of hydrogen-bond acceptors (Lipinski definition) is 1. The molecule has 0 fully saturated rings. The lowest BCUT2D eigenvalue weighted by molar-refractivity contribution is 0.588. The van der Waals surface area contributed by atoms with Crippen molar-refractivity contribution in [2.24, 2.45) is 10.9 Å². The summed E-state index contributed by atoms with van der Waals surface area (Å²) in [6, 6.07) is 0. The van der Waals surface area contributed by atoms with Gasteiger partial charge in [0.25, 0.3) is 0 Å². The number of rotatable bonds is 8. The van der Waals surface area contributed by atoms with Crippen LogP contribution in [0.5, 0.6) is 0 Å². The lowest BCUT2D eigenvalue weighted by atomic mass is 9.99. The summed E-state index contributed by atoms with van der Waals surface area (Å²) in [4.78, 5) is 4.27. The predicted octanol–water partition coefficient (Wildman–Crippen LogP) is 5.31. The largest absolute Gasteiger partial charge is 0.253 e. The molecule has 0 N–H and O–H groups in total. The van der Waals surface area contributed by atoms with E-state index in [4.69, 9.17) is 6.42 Å². The lowest BCUT2D eigenvalue weighted by Crippen LogP contribution is -1.93. The van der Waals surface area contributed by atoms with Gasteiger partial charge >= 0.3 is 0 Å². The first kappa shape index (κ1) is 17.4. The summed E-state index contributed by atoms with van der Waals surface area (Å²) < 4.78 is 0. The Hall–Kier alpha value is -1.55. The molecule has 104 valence electrons. The van der Waals surface area contributed by atoms with Crippen LogP contribution in [0.25, 0.3) is 0 Å². The molecule has 0 aromatic carbocycles. The maximum absolute atomic E-state index is 5.33. The van der Waals surface area contributed by atoms with E-state index in [1.54, 1.807) is 0 Å². The van der Waals surface area contributed by atoms with Gasteiger partial charge in [0.2, 0.25) is 0 Å². The summed E-state index contributed by atoms with van der Waals surface area (Å²) in [7, 11) is 0. The van der Waals surface area contributed by atoms with Crippen molar-refractivity contribution in [3.63, 3.8) is 0 Å². The minimum atomic E-state index is 0.586. The molecule has 0 aliphatic carbocycles. The zero-order valence-corrected chi connectivity index (χ0v) is 12.8. The second-order valence-electron chi connectivity index (χ2n) is 4.87. The molecule has 0 aliphatic rings. The molecule has 0 amide bonds. The first-order valence-corrected chi connectivity index (χ1v) is 7.14. The van der Waals surface area contributed by atoms with Crippen molar-refractivity contribution in [2.75, 3.05) is 0 Å². The highest BCUT2D eigenvalue weighted by atomic mass is 14.7. The summed E-state index contributed by atoms with van der Waals surface area (Å²) in [5.41, 5.74) is 2.14. The van der Waals surface area contributed by atoms with Crippen LogP contribution in [-0.2, 0) is 0 Å². The molecule has 0 aliphatic heterocycles. The third-order valence-corrected chi connectivity index (χ3v) is 2.75. The number of nitrogens with zero attached hydrogens (tertiary/aromatic N) is 1. The van der Waals surface area contributed by atoms with Crippen LogP contribution in [0.2, 0.25) is 0 Å². The highest BCUT2D eigenvalue weighted by molar-refractivity contribution is 5.99. The molecule has 19 heavy (non-hydrogen) atoms. The fraction of sp³-hybridized carbons (Fsp3) is 0.500. The van der Waals surface area contributed by atoms with Crippen molar-refractivity contribution in [2.45, 2.75) is 53.4 Å². The summed E-state index contributed by atoms with van der Waals surface area (Å²) in [5.74, 6) is 3.17. The van der Waals surface area contributed by atoms with E-state index in [0.717, 1.165) is 18.6 Å². The topological polar surface area (TPSA) is 12.4 Å². The van der Waals surface area contributed by atoms with Crippen LogP contribution in [0, 0.1) is 18.3 Å². The number of aliphatic imine (C=N–C) groups is 1. The quantitative estimate of drug-likeness (QED) is 0.317. The van der Waals surface area contributed by atoms with E-state index in [2.05, 4.69) is 56.0 Å². The number of allylic oxidation sites excluding steroid dienone is 5. The molecule has 0 aromatic rings. The summed E-state index contributed by atoms with van der Waals surface area (Å²) in [5, 5.41) is 0. The molecular formula is C18H27N. The molecule has 0 bridgehead atoms. The van der Waals surface area contributed by atoms with Gasteiger partial charge in [0.1, 0.15) is 0 Å². The van der Waals surface area contributed by atoms with Crippen LogP contribution in [0.1, 0.15) is 53.4 Å². The number of hydrogen-bond donors (Lipinski definition) is 0. The van der Waals surface area contributed by atoms with E-state index in [0.29, 0.717) is 5.92 Å². The highest BCUT2D eigenvalue weighted by Gasteiger charge is 1.99. The molecular weight excluding hydrogens is 230 g/mol. The van der Waals surface area contributed by atoms with Gasteiger partial charge in [-0.15, -0.1) is 6.42 Å². The fourth-order valence-electron chi connectivity index (χ4n) is 1.68. The standard InChI is InChI=1S/C18H27N/c1-6-11-17(13-9-12-16(4)5)14-10-15-19-18(7-2)8-3/h2,9-10,12-13,15,17H,6,8,11,14H2,1,3-5H3/b13-9+,15-10-,19-18+. The Balaban J connectivity index is 4.40. The molecule has 1 heteroatoms. The van der Waals surface area contributed by atoms with Crippen molar-refractivity contribution < 1.29 is 0 Å². The Kier molecular flexibility index (Phi) is 10.6. The second kappa shape index (κ2) is 11.5. The maximum Gasteiger partial charge on any atom is 0.0893 e. The lowest BCUT2D eigenvalue weighted by Gasteiger charge is -2.07. The van der Waals surface area contributed by atoms with Crippen LogP contribution in [0.15, 0.2) is 41.1 Å². The monoisotopic (exact) mass is 257 g/mol. The van der Waals surface area contributed by atoms with Gasteiger partial charge in [-0.2, -0.15) is 0 Å². The average Bonchev–Trinajstić information content (AvgIpc) is 2.38. The van der Waals surface area contributed by atoms with Crippen molar-refractivity contribution in [3.05, 3.63) is 36.1 Å². The van der Waals surface area contributed by atoms with Gasteiger partial charge in [0.15, 0.2) is 0 Å². The molecule has 1 unspecified atom stereocenters. The molecule has 0 heterocycles. The van der Waals surface area contributed by atoms with Gasteiger partial charge in [0.05, 0.1) is 5.71 Å². The van der Waals surface area contributed by atoms with Crippen molar-refractivity contribution in [1.29, 1.82) is 0 Å². The van der Waals surface area contributed by atoms with Gasteiger partial charge in [0, 0.05) is 6.20 Å². The molecule has 0 radical (unpaired) electrons. The van der Waals surface area contributed by atoms with Crippen LogP contribution in [0.3, 0.4) is 0 Å². The van der Waals surface area contributed by atoms with Gasteiger partial charge in [-0.3, -0.25) is 4.99 Å². The Morgan fingerprint density at radius 2 is 2.05 bits per heavy atom. The molecule has 0 saturated heterocycles. The second-order valence-corrected chi connectivity index (χ2v) is 4.87. The van der Waals surface area contributed by atoms with Crippen molar-refractivity contribution in [1.82, 2.24) is 0 Å². The third-order valence-electron chi connectivity index (χ3n) is 2.75. The minimum Gasteiger partial charge on any atom is -0.253 e. The van der Waals surface area contributed by atoms with E-state index < -0.39 is 0 Å². The smallest absolute Gasteiger partial charge is 0.0893 e. The molecule has 1 atom stereocenters. The van der Waals surface area contributed by atoms with E-state index in [1.807, 2.05) is 13.1 Å². The van der Waals surface area contributed by atoms with Crippen LogP contribution in [-0.4, -0.2) is 5.71 Å². The van der Waals surface area contributed by atoms with E-state index in [-0.39, 0.29) is 0 Å². The Labute approximate surface area is 119 Å². The van der Waals surface area contributed by atoms with Gasteiger partial charge in [-0.05, 0) is 39.0 Å². The molecule has 1 nitrogen and oxygen atoms in total.